The summed E-state index contributed by atoms with van der Waals surface area (Å²) in [5.74, 6) is 1.12. The summed E-state index contributed by atoms with van der Waals surface area (Å²) >= 11 is 7.96. The average Bonchev–Trinajstić information content (AvgIpc) is 3.15. The van der Waals surface area contributed by atoms with Gasteiger partial charge in [0.05, 0.1) is 16.6 Å². The lowest BCUT2D eigenvalue weighted by Gasteiger charge is -2.42. The van der Waals surface area contributed by atoms with Crippen molar-refractivity contribution in [3.63, 3.8) is 0 Å². The van der Waals surface area contributed by atoms with Gasteiger partial charge in [-0.2, -0.15) is 0 Å². The number of nitrogen functional groups attached to an aromatic ring is 1. The fraction of sp³-hybridized carbons (Fsp3) is 0.296. The molecule has 36 heavy (non-hydrogen) atoms. The number of halogens is 1. The van der Waals surface area contributed by atoms with E-state index in [-0.39, 0.29) is 17.0 Å². The average molecular weight is 519 g/mol. The number of hydrogen-bond acceptors (Lipinski definition) is 7. The van der Waals surface area contributed by atoms with E-state index in [0.29, 0.717) is 21.3 Å². The first-order valence-corrected chi connectivity index (χ1v) is 13.2. The Morgan fingerprint density at radius 3 is 2.67 bits per heavy atom. The van der Waals surface area contributed by atoms with Crippen molar-refractivity contribution in [2.75, 3.05) is 23.7 Å². The maximum absolute atomic E-state index is 12.6. The molecule has 4 N–H and O–H groups in total. The maximum atomic E-state index is 12.6. The van der Waals surface area contributed by atoms with Crippen molar-refractivity contribution in [2.24, 2.45) is 18.2 Å². The van der Waals surface area contributed by atoms with Gasteiger partial charge in [-0.05, 0) is 53.3 Å². The van der Waals surface area contributed by atoms with Gasteiger partial charge in [-0.1, -0.05) is 53.7 Å². The zero-order valence-electron chi connectivity index (χ0n) is 19.9. The van der Waals surface area contributed by atoms with Gasteiger partial charge in [-0.25, -0.2) is 9.97 Å². The van der Waals surface area contributed by atoms with E-state index in [1.165, 1.54) is 27.5 Å². The minimum atomic E-state index is -0.137. The highest BCUT2D eigenvalue weighted by Crippen LogP contribution is 2.51. The lowest BCUT2D eigenvalue weighted by Crippen LogP contribution is -2.44. The van der Waals surface area contributed by atoms with Gasteiger partial charge in [-0.15, -0.1) is 0 Å². The van der Waals surface area contributed by atoms with Crippen LogP contribution < -0.4 is 21.9 Å². The van der Waals surface area contributed by atoms with Crippen LogP contribution in [0.2, 0.25) is 5.02 Å². The fourth-order valence-electron chi connectivity index (χ4n) is 5.65. The van der Waals surface area contributed by atoms with Crippen LogP contribution >= 0.6 is 23.4 Å². The van der Waals surface area contributed by atoms with E-state index in [0.717, 1.165) is 48.5 Å². The molecule has 0 amide bonds. The zero-order chi connectivity index (χ0) is 25.0. The molecule has 1 aliphatic carbocycles. The van der Waals surface area contributed by atoms with Gasteiger partial charge in [0.15, 0.2) is 5.82 Å². The van der Waals surface area contributed by atoms with Crippen LogP contribution in [0, 0.1) is 5.41 Å². The summed E-state index contributed by atoms with van der Waals surface area (Å²) < 4.78 is 1.52. The van der Waals surface area contributed by atoms with Crippen LogP contribution in [0.15, 0.2) is 69.6 Å². The van der Waals surface area contributed by atoms with Crippen LogP contribution in [0.25, 0.3) is 10.8 Å². The van der Waals surface area contributed by atoms with Crippen molar-refractivity contribution >= 4 is 45.8 Å². The minimum Gasteiger partial charge on any atom is -0.381 e. The number of benzene rings is 2. The van der Waals surface area contributed by atoms with E-state index >= 15 is 0 Å². The minimum absolute atomic E-state index is 0.0781. The van der Waals surface area contributed by atoms with E-state index < -0.39 is 0 Å². The number of fused-ring (bicyclic) bond motifs is 2. The molecule has 0 bridgehead atoms. The van der Waals surface area contributed by atoms with Gasteiger partial charge in [0.1, 0.15) is 10.8 Å². The van der Waals surface area contributed by atoms with Gasteiger partial charge < -0.3 is 20.9 Å². The Kier molecular flexibility index (Phi) is 5.70. The Bertz CT molecular complexity index is 1550. The van der Waals surface area contributed by atoms with Gasteiger partial charge in [-0.3, -0.25) is 4.79 Å². The van der Waals surface area contributed by atoms with Crippen LogP contribution in [0.5, 0.6) is 0 Å². The van der Waals surface area contributed by atoms with Crippen molar-refractivity contribution in [3.8, 4) is 0 Å². The quantitative estimate of drug-likeness (QED) is 0.410. The molecule has 1 fully saturated rings. The number of aromatic nitrogens is 3. The first-order valence-electron chi connectivity index (χ1n) is 12.0. The van der Waals surface area contributed by atoms with Crippen molar-refractivity contribution in [3.05, 3.63) is 81.4 Å². The first-order chi connectivity index (χ1) is 17.4. The lowest BCUT2D eigenvalue weighted by molar-refractivity contribution is 0.187. The molecule has 1 spiro atoms. The summed E-state index contributed by atoms with van der Waals surface area (Å²) in [5, 5.41) is 2.26. The molecule has 0 saturated carbocycles. The second-order valence-electron chi connectivity index (χ2n) is 9.80. The molecular formula is C27H27ClN6OS. The molecule has 1 saturated heterocycles. The highest BCUT2D eigenvalue weighted by Gasteiger charge is 2.45. The Balaban J connectivity index is 1.20. The molecule has 1 atom stereocenters. The Morgan fingerprint density at radius 2 is 1.92 bits per heavy atom. The Hall–Kier alpha value is -3.07. The SMILES string of the molecule is Cn1ccc2ccc(Sc3ncc(N4CCC5(CC4)Cc4ccccc4[C@H]5N)nc3N)c(Cl)c2c1=O. The molecule has 7 nitrogen and oxygen atoms in total. The van der Waals surface area contributed by atoms with Crippen LogP contribution in [-0.4, -0.2) is 27.6 Å². The molecule has 1 aliphatic heterocycles. The lowest BCUT2D eigenvalue weighted by atomic mass is 9.73. The number of hydrogen-bond donors (Lipinski definition) is 2. The van der Waals surface area contributed by atoms with E-state index in [4.69, 9.17) is 23.1 Å². The number of anilines is 2. The highest BCUT2D eigenvalue weighted by atomic mass is 35.5. The zero-order valence-corrected chi connectivity index (χ0v) is 21.5. The number of pyridine rings is 1. The predicted octanol–water partition coefficient (Wildman–Crippen LogP) is 4.56. The molecule has 0 radical (unpaired) electrons. The number of piperidine rings is 1. The third kappa shape index (κ3) is 3.75. The number of nitrogens with zero attached hydrogens (tertiary/aromatic N) is 4. The van der Waals surface area contributed by atoms with Crippen molar-refractivity contribution in [1.82, 2.24) is 14.5 Å². The van der Waals surface area contributed by atoms with Gasteiger partial charge >= 0.3 is 0 Å². The van der Waals surface area contributed by atoms with E-state index in [1.54, 1.807) is 19.4 Å². The molecule has 2 aromatic carbocycles. The second-order valence-corrected chi connectivity index (χ2v) is 11.2. The van der Waals surface area contributed by atoms with Gasteiger partial charge in [0.25, 0.3) is 5.56 Å². The molecule has 2 aliphatic rings. The third-order valence-corrected chi connectivity index (χ3v) is 9.36. The molecule has 0 unspecified atom stereocenters. The van der Waals surface area contributed by atoms with Crippen LogP contribution in [0.3, 0.4) is 0 Å². The number of nitrogens with two attached hydrogens (primary N) is 2. The smallest absolute Gasteiger partial charge is 0.259 e. The van der Waals surface area contributed by atoms with Crippen LogP contribution in [0.4, 0.5) is 11.6 Å². The second kappa shape index (κ2) is 8.80. The standard InChI is InChI=1S/C27H27ClN6OS/c1-33-11-8-16-6-7-19(22(28)21(16)26(33)35)36-25-24(30)32-20(15-31-25)34-12-9-27(10-13-34)14-17-4-2-3-5-18(17)23(27)29/h2-8,11,15,23H,9-10,12-14,29H2,1H3,(H2,30,32)/t23-/m1/s1. The van der Waals surface area contributed by atoms with E-state index in [9.17, 15) is 4.79 Å². The molecule has 6 rings (SSSR count). The Labute approximate surface area is 218 Å². The molecule has 184 valence electrons. The monoisotopic (exact) mass is 518 g/mol. The van der Waals surface area contributed by atoms with Crippen molar-refractivity contribution < 1.29 is 0 Å². The number of rotatable bonds is 3. The molecular weight excluding hydrogens is 492 g/mol. The van der Waals surface area contributed by atoms with E-state index in [2.05, 4.69) is 39.1 Å². The molecule has 3 heterocycles. The van der Waals surface area contributed by atoms with Crippen LogP contribution in [-0.2, 0) is 13.5 Å². The number of aryl methyl sites for hydroxylation is 1. The molecule has 2 aromatic heterocycles. The van der Waals surface area contributed by atoms with Crippen molar-refractivity contribution in [2.45, 2.75) is 35.2 Å². The molecule has 4 aromatic rings. The largest absolute Gasteiger partial charge is 0.381 e. The summed E-state index contributed by atoms with van der Waals surface area (Å²) in [4.78, 5) is 24.9. The van der Waals surface area contributed by atoms with Gasteiger partial charge in [0, 0.05) is 37.3 Å². The highest BCUT2D eigenvalue weighted by molar-refractivity contribution is 7.99. The third-order valence-electron chi connectivity index (χ3n) is 7.78. The maximum Gasteiger partial charge on any atom is 0.259 e. The predicted molar refractivity (Wildman–Crippen MR) is 146 cm³/mol. The normalized spacial score (nSPS) is 18.6. The first kappa shape index (κ1) is 23.3. The summed E-state index contributed by atoms with van der Waals surface area (Å²) in [5.41, 5.74) is 15.7. The van der Waals surface area contributed by atoms with Crippen LogP contribution in [0.1, 0.15) is 30.0 Å². The topological polar surface area (TPSA) is 103 Å². The van der Waals surface area contributed by atoms with Crippen molar-refractivity contribution in [1.29, 1.82) is 0 Å². The Morgan fingerprint density at radius 1 is 1.14 bits per heavy atom. The summed E-state index contributed by atoms with van der Waals surface area (Å²) in [6.45, 7) is 1.73. The molecule has 9 heteroatoms. The fourth-order valence-corrected chi connectivity index (χ4v) is 6.81. The summed E-state index contributed by atoms with van der Waals surface area (Å²) in [7, 11) is 1.71. The van der Waals surface area contributed by atoms with E-state index in [1.807, 2.05) is 18.2 Å². The summed E-state index contributed by atoms with van der Waals surface area (Å²) in [6.07, 6.45) is 6.55. The van der Waals surface area contributed by atoms with Gasteiger partial charge in [0.2, 0.25) is 0 Å². The summed E-state index contributed by atoms with van der Waals surface area (Å²) in [6, 6.07) is 14.3.